The summed E-state index contributed by atoms with van der Waals surface area (Å²) < 4.78 is 0. The number of hydrogen-bond donors (Lipinski definition) is 2. The minimum absolute atomic E-state index is 0.166. The maximum absolute atomic E-state index is 12.0. The second-order valence-corrected chi connectivity index (χ2v) is 5.27. The summed E-state index contributed by atoms with van der Waals surface area (Å²) in [7, 11) is 0. The molecule has 20 heavy (non-hydrogen) atoms. The highest BCUT2D eigenvalue weighted by atomic mass is 32.1. The topological polar surface area (TPSA) is 71.1 Å². The minimum atomic E-state index is -0.190. The lowest BCUT2D eigenvalue weighted by molar-refractivity contribution is -0.114. The standard InChI is InChI=1S/C14H15N3O2S/c1-9-8-20-13(16-9)7-15-14(19)11-4-3-5-12(6-11)17-10(2)18/h3-6,8H,7H2,1-2H3,(H,15,19)(H,17,18). The van der Waals surface area contributed by atoms with Crippen molar-refractivity contribution >= 4 is 28.8 Å². The van der Waals surface area contributed by atoms with Crippen molar-refractivity contribution in [2.45, 2.75) is 20.4 Å². The Hall–Kier alpha value is -2.21. The van der Waals surface area contributed by atoms with Gasteiger partial charge in [0.2, 0.25) is 5.91 Å². The second-order valence-electron chi connectivity index (χ2n) is 4.33. The quantitative estimate of drug-likeness (QED) is 0.907. The fraction of sp³-hybridized carbons (Fsp3) is 0.214. The van der Waals surface area contributed by atoms with Crippen molar-refractivity contribution in [3.05, 3.63) is 45.9 Å². The van der Waals surface area contributed by atoms with Crippen LogP contribution in [0.3, 0.4) is 0 Å². The molecule has 6 heteroatoms. The van der Waals surface area contributed by atoms with Crippen molar-refractivity contribution in [1.82, 2.24) is 10.3 Å². The lowest BCUT2D eigenvalue weighted by Gasteiger charge is -2.06. The SMILES string of the molecule is CC(=O)Nc1cccc(C(=O)NCc2nc(C)cs2)c1. The molecule has 2 amide bonds. The van der Waals surface area contributed by atoms with Crippen LogP contribution in [0.25, 0.3) is 0 Å². The van der Waals surface area contributed by atoms with E-state index in [4.69, 9.17) is 0 Å². The van der Waals surface area contributed by atoms with Crippen molar-refractivity contribution < 1.29 is 9.59 Å². The van der Waals surface area contributed by atoms with Gasteiger partial charge in [0.05, 0.1) is 6.54 Å². The van der Waals surface area contributed by atoms with Gasteiger partial charge in [-0.15, -0.1) is 11.3 Å². The maximum Gasteiger partial charge on any atom is 0.251 e. The van der Waals surface area contributed by atoms with Crippen LogP contribution in [0.5, 0.6) is 0 Å². The summed E-state index contributed by atoms with van der Waals surface area (Å²) in [5.74, 6) is -0.356. The van der Waals surface area contributed by atoms with E-state index in [-0.39, 0.29) is 11.8 Å². The molecule has 0 unspecified atom stereocenters. The predicted octanol–water partition coefficient (Wildman–Crippen LogP) is 2.34. The number of thiazole rings is 1. The van der Waals surface area contributed by atoms with E-state index in [2.05, 4.69) is 15.6 Å². The van der Waals surface area contributed by atoms with Crippen LogP contribution in [0.1, 0.15) is 28.0 Å². The number of nitrogens with one attached hydrogen (secondary N) is 2. The first-order valence-electron chi connectivity index (χ1n) is 6.11. The second kappa shape index (κ2) is 6.29. The number of nitrogens with zero attached hydrogens (tertiary/aromatic N) is 1. The van der Waals surface area contributed by atoms with Gasteiger partial charge >= 0.3 is 0 Å². The van der Waals surface area contributed by atoms with Crippen molar-refractivity contribution in [1.29, 1.82) is 0 Å². The Morgan fingerprint density at radius 3 is 2.80 bits per heavy atom. The highest BCUT2D eigenvalue weighted by molar-refractivity contribution is 7.09. The Bertz CT molecular complexity index is 637. The van der Waals surface area contributed by atoms with Gasteiger partial charge in [-0.2, -0.15) is 0 Å². The lowest BCUT2D eigenvalue weighted by Crippen LogP contribution is -2.22. The van der Waals surface area contributed by atoms with Crippen molar-refractivity contribution in [3.8, 4) is 0 Å². The van der Waals surface area contributed by atoms with E-state index in [1.807, 2.05) is 12.3 Å². The number of anilines is 1. The first-order valence-corrected chi connectivity index (χ1v) is 6.99. The van der Waals surface area contributed by atoms with E-state index < -0.39 is 0 Å². The third-order valence-corrected chi connectivity index (χ3v) is 3.48. The van der Waals surface area contributed by atoms with Crippen LogP contribution in [0.15, 0.2) is 29.6 Å². The molecule has 2 aromatic rings. The van der Waals surface area contributed by atoms with E-state index in [1.54, 1.807) is 24.3 Å². The molecule has 2 N–H and O–H groups in total. The van der Waals surface area contributed by atoms with Crippen LogP contribution < -0.4 is 10.6 Å². The molecule has 1 aromatic carbocycles. The van der Waals surface area contributed by atoms with Gasteiger partial charge in [-0.05, 0) is 25.1 Å². The molecule has 2 rings (SSSR count). The zero-order valence-electron chi connectivity index (χ0n) is 11.3. The average molecular weight is 289 g/mol. The van der Waals surface area contributed by atoms with E-state index >= 15 is 0 Å². The highest BCUT2D eigenvalue weighted by Crippen LogP contribution is 2.12. The van der Waals surface area contributed by atoms with E-state index in [0.717, 1.165) is 10.7 Å². The summed E-state index contributed by atoms with van der Waals surface area (Å²) >= 11 is 1.52. The summed E-state index contributed by atoms with van der Waals surface area (Å²) in [6.07, 6.45) is 0. The largest absolute Gasteiger partial charge is 0.346 e. The third-order valence-electron chi connectivity index (χ3n) is 2.51. The number of carbonyl (C=O) groups is 2. The van der Waals surface area contributed by atoms with Crippen LogP contribution in [0.2, 0.25) is 0 Å². The van der Waals surface area contributed by atoms with Gasteiger partial charge in [0.15, 0.2) is 0 Å². The van der Waals surface area contributed by atoms with Gasteiger partial charge in [0.25, 0.3) is 5.91 Å². The van der Waals surface area contributed by atoms with Crippen molar-refractivity contribution in [2.75, 3.05) is 5.32 Å². The molecule has 0 spiro atoms. The van der Waals surface area contributed by atoms with E-state index in [9.17, 15) is 9.59 Å². The normalized spacial score (nSPS) is 10.1. The molecule has 0 saturated carbocycles. The van der Waals surface area contributed by atoms with Crippen molar-refractivity contribution in [2.24, 2.45) is 0 Å². The van der Waals surface area contributed by atoms with Crippen LogP contribution in [-0.2, 0) is 11.3 Å². The highest BCUT2D eigenvalue weighted by Gasteiger charge is 2.07. The van der Waals surface area contributed by atoms with Gasteiger partial charge < -0.3 is 10.6 Å². The van der Waals surface area contributed by atoms with Crippen LogP contribution in [-0.4, -0.2) is 16.8 Å². The Balaban J connectivity index is 1.99. The van der Waals surface area contributed by atoms with Crippen LogP contribution in [0, 0.1) is 6.92 Å². The molecule has 5 nitrogen and oxygen atoms in total. The lowest BCUT2D eigenvalue weighted by atomic mass is 10.2. The molecule has 104 valence electrons. The molecular weight excluding hydrogens is 274 g/mol. The summed E-state index contributed by atoms with van der Waals surface area (Å²) in [5, 5.41) is 8.27. The molecule has 0 radical (unpaired) electrons. The fourth-order valence-electron chi connectivity index (χ4n) is 1.68. The van der Waals surface area contributed by atoms with Crippen LogP contribution >= 0.6 is 11.3 Å². The number of benzene rings is 1. The first-order chi connectivity index (χ1) is 9.54. The Labute approximate surface area is 121 Å². The molecule has 0 fully saturated rings. The molecule has 1 heterocycles. The van der Waals surface area contributed by atoms with Gasteiger partial charge in [-0.3, -0.25) is 9.59 Å². The summed E-state index contributed by atoms with van der Waals surface area (Å²) in [6, 6.07) is 6.81. The van der Waals surface area contributed by atoms with Gasteiger partial charge in [0, 0.05) is 29.2 Å². The molecule has 0 atom stereocenters. The van der Waals surface area contributed by atoms with Gasteiger partial charge in [0.1, 0.15) is 5.01 Å². The van der Waals surface area contributed by atoms with E-state index in [0.29, 0.717) is 17.8 Å². The Morgan fingerprint density at radius 1 is 1.35 bits per heavy atom. The van der Waals surface area contributed by atoms with Crippen molar-refractivity contribution in [3.63, 3.8) is 0 Å². The molecule has 0 aliphatic carbocycles. The fourth-order valence-corrected chi connectivity index (χ4v) is 2.39. The monoisotopic (exact) mass is 289 g/mol. The molecule has 0 bridgehead atoms. The minimum Gasteiger partial charge on any atom is -0.346 e. The number of hydrogen-bond acceptors (Lipinski definition) is 4. The zero-order chi connectivity index (χ0) is 14.5. The molecular formula is C14H15N3O2S. The van der Waals surface area contributed by atoms with Gasteiger partial charge in [-0.25, -0.2) is 4.98 Å². The zero-order valence-corrected chi connectivity index (χ0v) is 12.1. The predicted molar refractivity (Wildman–Crippen MR) is 78.8 cm³/mol. The Morgan fingerprint density at radius 2 is 2.15 bits per heavy atom. The number of aromatic nitrogens is 1. The number of rotatable bonds is 4. The molecule has 0 aliphatic heterocycles. The summed E-state index contributed by atoms with van der Waals surface area (Å²) in [4.78, 5) is 27.3. The molecule has 0 aliphatic rings. The smallest absolute Gasteiger partial charge is 0.251 e. The average Bonchev–Trinajstić information content (AvgIpc) is 2.81. The molecule has 1 aromatic heterocycles. The van der Waals surface area contributed by atoms with Gasteiger partial charge in [-0.1, -0.05) is 6.07 Å². The summed E-state index contributed by atoms with van der Waals surface area (Å²) in [5.41, 5.74) is 2.06. The Kier molecular flexibility index (Phi) is 4.47. The third kappa shape index (κ3) is 3.89. The molecule has 0 saturated heterocycles. The number of amides is 2. The number of carbonyl (C=O) groups excluding carboxylic acids is 2. The number of aryl methyl sites for hydroxylation is 1. The van der Waals surface area contributed by atoms with Crippen LogP contribution in [0.4, 0.5) is 5.69 Å². The summed E-state index contributed by atoms with van der Waals surface area (Å²) in [6.45, 7) is 3.75. The first kappa shape index (κ1) is 14.2. The van der Waals surface area contributed by atoms with E-state index in [1.165, 1.54) is 18.3 Å². The maximum atomic E-state index is 12.0.